The summed E-state index contributed by atoms with van der Waals surface area (Å²) >= 11 is 6.67. The highest BCUT2D eigenvalue weighted by Gasteiger charge is 2.28. The maximum atomic E-state index is 12.2. The number of benzene rings is 4. The van der Waals surface area contributed by atoms with Gasteiger partial charge in [0.05, 0.1) is 17.5 Å². The Morgan fingerprint density at radius 1 is 0.895 bits per heavy atom. The van der Waals surface area contributed by atoms with Crippen LogP contribution in [0.3, 0.4) is 0 Å². The van der Waals surface area contributed by atoms with Gasteiger partial charge in [-0.2, -0.15) is 0 Å². The second-order valence-electron chi connectivity index (χ2n) is 8.95. The zero-order valence-corrected chi connectivity index (χ0v) is 24.1. The molecule has 1 N–H and O–H groups in total. The van der Waals surface area contributed by atoms with Gasteiger partial charge in [0.1, 0.15) is 17.6 Å². The molecule has 6 heteroatoms. The number of carbonyl (C=O) groups excluding carboxylic acids is 2. The minimum Gasteiger partial charge on any atom is -0.507 e. The van der Waals surface area contributed by atoms with Crippen molar-refractivity contribution in [3.8, 4) is 11.5 Å². The van der Waals surface area contributed by atoms with E-state index in [9.17, 15) is 14.7 Å². The van der Waals surface area contributed by atoms with Crippen molar-refractivity contribution < 1.29 is 19.4 Å². The average molecular weight is 634 g/mol. The van der Waals surface area contributed by atoms with E-state index in [4.69, 9.17) is 4.74 Å². The Morgan fingerprint density at radius 2 is 1.55 bits per heavy atom. The highest BCUT2D eigenvalue weighted by atomic mass is 79.9. The summed E-state index contributed by atoms with van der Waals surface area (Å²) in [5.41, 5.74) is 5.29. The Morgan fingerprint density at radius 3 is 2.29 bits per heavy atom. The van der Waals surface area contributed by atoms with Gasteiger partial charge < -0.3 is 9.84 Å². The average Bonchev–Trinajstić information content (AvgIpc) is 2.90. The van der Waals surface area contributed by atoms with Crippen LogP contribution in [0.4, 0.5) is 0 Å². The lowest BCUT2D eigenvalue weighted by atomic mass is 9.94. The molecule has 192 valence electrons. The van der Waals surface area contributed by atoms with Crippen LogP contribution in [-0.4, -0.2) is 16.7 Å². The Labute approximate surface area is 239 Å². The second-order valence-corrected chi connectivity index (χ2v) is 10.8. The molecular weight excluding hydrogens is 608 g/mol. The van der Waals surface area contributed by atoms with E-state index >= 15 is 0 Å². The smallest absolute Gasteiger partial charge is 0.189 e. The first-order valence-electron chi connectivity index (χ1n) is 12.0. The maximum absolute atomic E-state index is 12.2. The summed E-state index contributed by atoms with van der Waals surface area (Å²) in [6, 6.07) is 26.2. The zero-order valence-electron chi connectivity index (χ0n) is 20.9. The predicted octanol–water partition coefficient (Wildman–Crippen LogP) is 8.82. The standard InChI is InChI=1S/2C16H13BrO2/c1-10-4-2-3-5-12(10)16-9-14(18)13-8-11(17)6-7-15(13)19-16;1-11-4-2-3-5-12(11)6-8-15(18)14-10-13(17)7-9-16(14)19/h2-8,16H,9H2,1H3;2-10,19H,1H3/b;8-6+. The van der Waals surface area contributed by atoms with E-state index in [-0.39, 0.29) is 23.4 Å². The predicted molar refractivity (Wildman–Crippen MR) is 158 cm³/mol. The largest absolute Gasteiger partial charge is 0.507 e. The number of hydrogen-bond donors (Lipinski definition) is 1. The van der Waals surface area contributed by atoms with Gasteiger partial charge >= 0.3 is 0 Å². The van der Waals surface area contributed by atoms with Crippen molar-refractivity contribution in [1.82, 2.24) is 0 Å². The molecule has 1 heterocycles. The number of rotatable bonds is 4. The first kappa shape index (κ1) is 27.6. The minimum atomic E-state index is -0.220. The van der Waals surface area contributed by atoms with Crippen LogP contribution >= 0.6 is 31.9 Å². The third kappa shape index (κ3) is 6.69. The summed E-state index contributed by atoms with van der Waals surface area (Å²) in [6.45, 7) is 4.03. The number of carbonyl (C=O) groups is 2. The number of hydrogen-bond acceptors (Lipinski definition) is 4. The molecule has 0 amide bonds. The molecule has 0 aliphatic carbocycles. The van der Waals surface area contributed by atoms with E-state index in [2.05, 4.69) is 31.9 Å². The highest BCUT2D eigenvalue weighted by molar-refractivity contribution is 9.10. The van der Waals surface area contributed by atoms with Crippen LogP contribution in [0.2, 0.25) is 0 Å². The first-order chi connectivity index (χ1) is 18.2. The summed E-state index contributed by atoms with van der Waals surface area (Å²) in [6.07, 6.45) is 3.46. The molecule has 1 unspecified atom stereocenters. The molecule has 1 aliphatic heterocycles. The molecule has 4 nitrogen and oxygen atoms in total. The Balaban J connectivity index is 0.000000177. The number of aryl methyl sites for hydroxylation is 2. The number of phenols is 1. The van der Waals surface area contributed by atoms with Gasteiger partial charge in [-0.05, 0) is 78.6 Å². The maximum Gasteiger partial charge on any atom is 0.189 e. The molecule has 1 aliphatic rings. The molecule has 38 heavy (non-hydrogen) atoms. The van der Waals surface area contributed by atoms with Gasteiger partial charge in [-0.15, -0.1) is 0 Å². The molecule has 0 bridgehead atoms. The van der Waals surface area contributed by atoms with Crippen LogP contribution in [0, 0.1) is 13.8 Å². The lowest BCUT2D eigenvalue weighted by Crippen LogP contribution is -2.21. The summed E-state index contributed by atoms with van der Waals surface area (Å²) in [4.78, 5) is 24.3. The van der Waals surface area contributed by atoms with E-state index < -0.39 is 0 Å². The van der Waals surface area contributed by atoms with Gasteiger partial charge in [0, 0.05) is 8.95 Å². The molecular formula is C32H26Br2O4. The number of halogens is 2. The summed E-state index contributed by atoms with van der Waals surface area (Å²) in [5.74, 6) is 0.577. The summed E-state index contributed by atoms with van der Waals surface area (Å²) in [7, 11) is 0. The van der Waals surface area contributed by atoms with Crippen LogP contribution < -0.4 is 4.74 Å². The number of phenolic OH excluding ortho intramolecular Hbond substituents is 1. The molecule has 0 saturated heterocycles. The van der Waals surface area contributed by atoms with Crippen molar-refractivity contribution in [2.24, 2.45) is 0 Å². The number of allylic oxidation sites excluding steroid dienone is 1. The van der Waals surface area contributed by atoms with Gasteiger partial charge in [0.2, 0.25) is 0 Å². The highest BCUT2D eigenvalue weighted by Crippen LogP contribution is 2.37. The zero-order chi connectivity index (χ0) is 27.2. The monoisotopic (exact) mass is 632 g/mol. The number of fused-ring (bicyclic) bond motifs is 1. The number of ketones is 2. The fraction of sp³-hybridized carbons (Fsp3) is 0.125. The lowest BCUT2D eigenvalue weighted by molar-refractivity contribution is 0.0849. The van der Waals surface area contributed by atoms with Gasteiger partial charge in [-0.25, -0.2) is 0 Å². The molecule has 0 fully saturated rings. The molecule has 0 radical (unpaired) electrons. The fourth-order valence-electron chi connectivity index (χ4n) is 4.15. The summed E-state index contributed by atoms with van der Waals surface area (Å²) in [5, 5.41) is 9.68. The third-order valence-corrected chi connectivity index (χ3v) is 7.23. The van der Waals surface area contributed by atoms with Gasteiger partial charge in [0.25, 0.3) is 0 Å². The topological polar surface area (TPSA) is 63.6 Å². The second kappa shape index (κ2) is 12.4. The van der Waals surface area contributed by atoms with Crippen LogP contribution in [0.5, 0.6) is 11.5 Å². The van der Waals surface area contributed by atoms with Crippen LogP contribution in [0.1, 0.15) is 55.5 Å². The Hall–Kier alpha value is -3.48. The Bertz CT molecular complexity index is 1520. The SMILES string of the molecule is Cc1ccccc1/C=C/C(=O)c1cc(Br)ccc1O.Cc1ccccc1C1CC(=O)c2cc(Br)ccc2O1. The quantitative estimate of drug-likeness (QED) is 0.180. The normalized spacial score (nSPS) is 14.3. The molecule has 0 saturated carbocycles. The van der Waals surface area contributed by atoms with Crippen LogP contribution in [0.15, 0.2) is 100.0 Å². The fourth-order valence-corrected chi connectivity index (χ4v) is 4.87. The van der Waals surface area contributed by atoms with Crippen molar-refractivity contribution in [2.45, 2.75) is 26.4 Å². The molecule has 4 aromatic carbocycles. The van der Waals surface area contributed by atoms with Crippen LogP contribution in [0.25, 0.3) is 6.08 Å². The van der Waals surface area contributed by atoms with E-state index in [1.165, 1.54) is 12.1 Å². The van der Waals surface area contributed by atoms with Gasteiger partial charge in [0.15, 0.2) is 11.6 Å². The molecule has 4 aromatic rings. The van der Waals surface area contributed by atoms with Crippen molar-refractivity contribution in [1.29, 1.82) is 0 Å². The van der Waals surface area contributed by atoms with E-state index in [0.29, 0.717) is 23.3 Å². The van der Waals surface area contributed by atoms with Crippen molar-refractivity contribution in [2.75, 3.05) is 0 Å². The van der Waals surface area contributed by atoms with E-state index in [1.807, 2.05) is 80.6 Å². The van der Waals surface area contributed by atoms with Crippen molar-refractivity contribution in [3.05, 3.63) is 133 Å². The first-order valence-corrected chi connectivity index (χ1v) is 13.6. The Kier molecular flexibility index (Phi) is 8.97. The van der Waals surface area contributed by atoms with Crippen LogP contribution in [-0.2, 0) is 0 Å². The lowest BCUT2D eigenvalue weighted by Gasteiger charge is -2.26. The third-order valence-electron chi connectivity index (χ3n) is 6.24. The molecule has 1 atom stereocenters. The number of Topliss-reactive ketones (excluding diaryl/α,β-unsaturated/α-hetero) is 1. The van der Waals surface area contributed by atoms with E-state index in [0.717, 1.165) is 31.2 Å². The molecule has 0 spiro atoms. The van der Waals surface area contributed by atoms with Gasteiger partial charge in [-0.3, -0.25) is 9.59 Å². The number of ether oxygens (including phenoxy) is 1. The van der Waals surface area contributed by atoms with Gasteiger partial charge in [-0.1, -0.05) is 86.5 Å². The summed E-state index contributed by atoms with van der Waals surface area (Å²) < 4.78 is 7.65. The minimum absolute atomic E-state index is 0.0115. The number of aromatic hydroxyl groups is 1. The van der Waals surface area contributed by atoms with Crippen molar-refractivity contribution >= 4 is 49.5 Å². The molecule has 5 rings (SSSR count). The molecule has 0 aromatic heterocycles. The van der Waals surface area contributed by atoms with E-state index in [1.54, 1.807) is 18.2 Å². The van der Waals surface area contributed by atoms with Crippen molar-refractivity contribution in [3.63, 3.8) is 0 Å².